The Morgan fingerprint density at radius 1 is 0.345 bits per heavy atom. The zero-order valence-electron chi connectivity index (χ0n) is 29.8. The lowest BCUT2D eigenvalue weighted by molar-refractivity contribution is 0.669. The van der Waals surface area contributed by atoms with Crippen molar-refractivity contribution in [2.45, 2.75) is 0 Å². The van der Waals surface area contributed by atoms with Gasteiger partial charge in [0, 0.05) is 38.0 Å². The molecule has 0 spiro atoms. The van der Waals surface area contributed by atoms with Crippen LogP contribution in [-0.2, 0) is 0 Å². The number of rotatable bonds is 4. The topological polar surface area (TPSA) is 23.0 Å². The third-order valence-corrected chi connectivity index (χ3v) is 11.5. The molecule has 0 radical (unpaired) electrons. The number of aromatic nitrogens is 2. The summed E-state index contributed by atoms with van der Waals surface area (Å²) in [6.07, 6.45) is 0. The second-order valence-electron chi connectivity index (χ2n) is 14.5. The smallest absolute Gasteiger partial charge is 0.137 e. The summed E-state index contributed by atoms with van der Waals surface area (Å²) in [6, 6.07) is 70.3. The first-order valence-corrected chi connectivity index (χ1v) is 18.9. The van der Waals surface area contributed by atoms with E-state index in [1.807, 2.05) is 6.07 Å². The van der Waals surface area contributed by atoms with Crippen molar-refractivity contribution in [3.05, 3.63) is 194 Å². The van der Waals surface area contributed by atoms with Crippen molar-refractivity contribution < 1.29 is 4.42 Å². The van der Waals surface area contributed by atoms with Crippen LogP contribution < -0.4 is 0 Å². The van der Waals surface area contributed by atoms with Gasteiger partial charge in [-0.3, -0.25) is 0 Å². The molecule has 0 fully saturated rings. The summed E-state index contributed by atoms with van der Waals surface area (Å²) in [5.41, 5.74) is 13.6. The van der Waals surface area contributed by atoms with Crippen molar-refractivity contribution in [1.82, 2.24) is 9.13 Å². The third-order valence-electron chi connectivity index (χ3n) is 11.5. The fourth-order valence-corrected chi connectivity index (χ4v) is 9.11. The van der Waals surface area contributed by atoms with Crippen LogP contribution in [0, 0.1) is 0 Å². The molecule has 0 N–H and O–H groups in total. The van der Waals surface area contributed by atoms with E-state index in [4.69, 9.17) is 4.42 Å². The molecule has 0 amide bonds. The fourth-order valence-electron chi connectivity index (χ4n) is 9.11. The summed E-state index contributed by atoms with van der Waals surface area (Å²) in [6.45, 7) is 0. The number of hydrogen-bond donors (Lipinski definition) is 0. The van der Waals surface area contributed by atoms with Crippen LogP contribution >= 0.6 is 0 Å². The van der Waals surface area contributed by atoms with E-state index in [-0.39, 0.29) is 0 Å². The molecular weight excluding hydrogens is 669 g/mol. The molecule has 0 saturated heterocycles. The molecule has 12 aromatic rings. The summed E-state index contributed by atoms with van der Waals surface area (Å²) < 4.78 is 11.3. The van der Waals surface area contributed by atoms with E-state index in [9.17, 15) is 0 Å². The molecule has 3 nitrogen and oxygen atoms in total. The quantitative estimate of drug-likeness (QED) is 0.179. The van der Waals surface area contributed by atoms with Gasteiger partial charge >= 0.3 is 0 Å². The zero-order valence-corrected chi connectivity index (χ0v) is 29.8. The molecule has 0 atom stereocenters. The lowest BCUT2D eigenvalue weighted by Gasteiger charge is -2.13. The van der Waals surface area contributed by atoms with Gasteiger partial charge < -0.3 is 13.6 Å². The number of nitrogens with zero attached hydrogens (tertiary/aromatic N) is 2. The lowest BCUT2D eigenvalue weighted by atomic mass is 9.94. The molecular formula is C52H32N2O. The molecule has 0 aliphatic carbocycles. The maximum Gasteiger partial charge on any atom is 0.137 e. The number of benzene rings is 9. The Morgan fingerprint density at radius 2 is 0.964 bits per heavy atom. The number of para-hydroxylation sites is 3. The summed E-state index contributed by atoms with van der Waals surface area (Å²) in [5, 5.41) is 9.62. The molecule has 0 bridgehead atoms. The first-order valence-electron chi connectivity index (χ1n) is 18.9. The Kier molecular flexibility index (Phi) is 6.34. The van der Waals surface area contributed by atoms with Crippen molar-refractivity contribution in [3.8, 4) is 33.6 Å². The first-order chi connectivity index (χ1) is 27.3. The third kappa shape index (κ3) is 4.38. The van der Waals surface area contributed by atoms with Gasteiger partial charge in [-0.25, -0.2) is 0 Å². The van der Waals surface area contributed by atoms with E-state index in [0.29, 0.717) is 0 Å². The van der Waals surface area contributed by atoms with E-state index in [1.165, 1.54) is 71.1 Å². The van der Waals surface area contributed by atoms with Crippen molar-refractivity contribution in [1.29, 1.82) is 0 Å². The summed E-state index contributed by atoms with van der Waals surface area (Å²) in [4.78, 5) is 0. The second kappa shape index (κ2) is 11.6. The normalized spacial score (nSPS) is 12.0. The molecule has 3 aromatic heterocycles. The Bertz CT molecular complexity index is 3470. The van der Waals surface area contributed by atoms with E-state index in [1.54, 1.807) is 0 Å². The highest BCUT2D eigenvalue weighted by Crippen LogP contribution is 2.46. The highest BCUT2D eigenvalue weighted by atomic mass is 16.3. The average Bonchev–Trinajstić information content (AvgIpc) is 3.92. The number of furan rings is 1. The maximum atomic E-state index is 6.45. The average molecular weight is 701 g/mol. The molecule has 256 valence electrons. The van der Waals surface area contributed by atoms with E-state index < -0.39 is 0 Å². The van der Waals surface area contributed by atoms with Gasteiger partial charge in [0.2, 0.25) is 0 Å². The molecule has 55 heavy (non-hydrogen) atoms. The van der Waals surface area contributed by atoms with Crippen LogP contribution in [0.15, 0.2) is 199 Å². The van der Waals surface area contributed by atoms with Gasteiger partial charge in [-0.2, -0.15) is 0 Å². The van der Waals surface area contributed by atoms with Gasteiger partial charge in [-0.1, -0.05) is 127 Å². The first kappa shape index (κ1) is 30.1. The Labute approximate surface area is 316 Å². The lowest BCUT2D eigenvalue weighted by Crippen LogP contribution is -1.96. The van der Waals surface area contributed by atoms with Crippen LogP contribution in [0.5, 0.6) is 0 Å². The van der Waals surface area contributed by atoms with Crippen LogP contribution in [0.25, 0.3) is 110 Å². The highest BCUT2D eigenvalue weighted by Gasteiger charge is 2.23. The molecule has 0 saturated carbocycles. The highest BCUT2D eigenvalue weighted by molar-refractivity contribution is 6.25. The van der Waals surface area contributed by atoms with Crippen LogP contribution in [0.4, 0.5) is 0 Å². The monoisotopic (exact) mass is 700 g/mol. The molecule has 0 aliphatic rings. The molecule has 9 aromatic carbocycles. The van der Waals surface area contributed by atoms with Gasteiger partial charge in [0.1, 0.15) is 11.2 Å². The van der Waals surface area contributed by atoms with E-state index >= 15 is 0 Å². The predicted molar refractivity (Wildman–Crippen MR) is 231 cm³/mol. The SMILES string of the molecule is c1ccc(-c2cc3ccccc3c3c2c2cc(-c4ccc5c(c4)c4ccccc4n5-c4ccccc4)ccc2n3-c2cccc3oc4ccccc4c23)cc1. The Hall–Kier alpha value is -7.36. The van der Waals surface area contributed by atoms with Crippen LogP contribution in [0.1, 0.15) is 0 Å². The van der Waals surface area contributed by atoms with Crippen LogP contribution in [0.3, 0.4) is 0 Å². The van der Waals surface area contributed by atoms with Gasteiger partial charge in [0.25, 0.3) is 0 Å². The Morgan fingerprint density at radius 3 is 1.78 bits per heavy atom. The van der Waals surface area contributed by atoms with Crippen molar-refractivity contribution in [3.63, 3.8) is 0 Å². The minimum Gasteiger partial charge on any atom is -0.456 e. The van der Waals surface area contributed by atoms with Crippen LogP contribution in [-0.4, -0.2) is 9.13 Å². The number of fused-ring (bicyclic) bond motifs is 11. The number of hydrogen-bond acceptors (Lipinski definition) is 1. The van der Waals surface area contributed by atoms with Crippen LogP contribution in [0.2, 0.25) is 0 Å². The maximum absolute atomic E-state index is 6.45. The fraction of sp³-hybridized carbons (Fsp3) is 0. The van der Waals surface area contributed by atoms with E-state index in [2.05, 4.69) is 197 Å². The van der Waals surface area contributed by atoms with Gasteiger partial charge in [-0.05, 0) is 94.4 Å². The minimum absolute atomic E-state index is 0.886. The van der Waals surface area contributed by atoms with Gasteiger partial charge in [0.05, 0.1) is 33.1 Å². The summed E-state index contributed by atoms with van der Waals surface area (Å²) >= 11 is 0. The molecule has 3 heteroatoms. The predicted octanol–water partition coefficient (Wildman–Crippen LogP) is 14.3. The molecule has 0 aliphatic heterocycles. The summed E-state index contributed by atoms with van der Waals surface area (Å²) in [5.74, 6) is 0. The molecule has 0 unspecified atom stereocenters. The van der Waals surface area contributed by atoms with Crippen molar-refractivity contribution >= 4 is 76.3 Å². The summed E-state index contributed by atoms with van der Waals surface area (Å²) in [7, 11) is 0. The zero-order chi connectivity index (χ0) is 36.0. The molecule has 12 rings (SSSR count). The minimum atomic E-state index is 0.886. The Balaban J connectivity index is 1.19. The molecule has 3 heterocycles. The standard InChI is InChI=1S/C52H32N2O/c1-3-14-33(15-4-1)41-32-36-16-7-8-19-38(36)52-50(41)43-31-35(27-29-46(43)54(52)47-23-13-25-49-51(47)40-21-10-12-24-48(40)55-49)34-26-28-45-42(30-34)39-20-9-11-22-44(39)53(45)37-17-5-2-6-18-37/h1-32H. The second-order valence-corrected chi connectivity index (χ2v) is 14.5. The van der Waals surface area contributed by atoms with Crippen molar-refractivity contribution in [2.75, 3.05) is 0 Å². The van der Waals surface area contributed by atoms with Crippen molar-refractivity contribution in [2.24, 2.45) is 0 Å². The largest absolute Gasteiger partial charge is 0.456 e. The van der Waals surface area contributed by atoms with Gasteiger partial charge in [-0.15, -0.1) is 0 Å². The van der Waals surface area contributed by atoms with E-state index in [0.717, 1.165) is 38.8 Å². The van der Waals surface area contributed by atoms with Gasteiger partial charge in [0.15, 0.2) is 0 Å².